The van der Waals surface area contributed by atoms with Crippen LogP contribution in [0.5, 0.6) is 0 Å². The van der Waals surface area contributed by atoms with Gasteiger partial charge in [0.15, 0.2) is 0 Å². The van der Waals surface area contributed by atoms with Gasteiger partial charge < -0.3 is 10.8 Å². The minimum absolute atomic E-state index is 0.0526. The van der Waals surface area contributed by atoms with E-state index in [-0.39, 0.29) is 24.0 Å². The van der Waals surface area contributed by atoms with Crippen LogP contribution < -0.4 is 10.5 Å². The van der Waals surface area contributed by atoms with Crippen LogP contribution in [0.4, 0.5) is 5.95 Å². The minimum atomic E-state index is -3.73. The van der Waals surface area contributed by atoms with Crippen molar-refractivity contribution in [2.75, 3.05) is 18.9 Å². The van der Waals surface area contributed by atoms with Crippen molar-refractivity contribution in [2.24, 2.45) is 0 Å². The number of halogens is 1. The number of hydrogen-bond acceptors (Lipinski definition) is 6. The molecular weight excluding hydrogens is 372 g/mol. The van der Waals surface area contributed by atoms with Gasteiger partial charge in [-0.25, -0.2) is 23.1 Å². The number of anilines is 1. The lowest BCUT2D eigenvalue weighted by Gasteiger charge is -2.11. The third-order valence-corrected chi connectivity index (χ3v) is 5.39. The number of aromatic nitrogens is 2. The molecule has 0 unspecified atom stereocenters. The van der Waals surface area contributed by atoms with Gasteiger partial charge in [0.05, 0.1) is 17.2 Å². The van der Waals surface area contributed by atoms with Crippen LogP contribution in [-0.2, 0) is 10.0 Å². The molecule has 118 valence electrons. The molecule has 2 aromatic rings. The number of benzene rings is 1. The molecule has 0 atom stereocenters. The van der Waals surface area contributed by atoms with Crippen molar-refractivity contribution in [3.05, 3.63) is 34.6 Å². The Kier molecular flexibility index (Phi) is 5.12. The zero-order valence-corrected chi connectivity index (χ0v) is 14.1. The summed E-state index contributed by atoms with van der Waals surface area (Å²) in [6, 6.07) is 4.92. The van der Waals surface area contributed by atoms with Crippen molar-refractivity contribution in [3.8, 4) is 11.1 Å². The fourth-order valence-electron chi connectivity index (χ4n) is 1.90. The van der Waals surface area contributed by atoms with E-state index in [9.17, 15) is 8.42 Å². The Labute approximate surface area is 136 Å². The molecule has 1 aromatic carbocycles. The Morgan fingerprint density at radius 3 is 2.77 bits per heavy atom. The molecule has 0 radical (unpaired) electrons. The average Bonchev–Trinajstić information content (AvgIpc) is 2.46. The first-order chi connectivity index (χ1) is 10.3. The van der Waals surface area contributed by atoms with Crippen molar-refractivity contribution in [1.29, 1.82) is 0 Å². The van der Waals surface area contributed by atoms with Crippen LogP contribution in [0.1, 0.15) is 5.69 Å². The normalized spacial score (nSPS) is 11.6. The Morgan fingerprint density at radius 1 is 1.41 bits per heavy atom. The Balaban J connectivity index is 2.51. The van der Waals surface area contributed by atoms with Crippen molar-refractivity contribution in [2.45, 2.75) is 11.8 Å². The van der Waals surface area contributed by atoms with Gasteiger partial charge in [0.25, 0.3) is 0 Å². The summed E-state index contributed by atoms with van der Waals surface area (Å²) in [5.74, 6) is 0.163. The van der Waals surface area contributed by atoms with E-state index in [1.165, 1.54) is 6.07 Å². The fraction of sp³-hybridized carbons (Fsp3) is 0.231. The number of nitrogens with one attached hydrogen (secondary N) is 1. The highest BCUT2D eigenvalue weighted by atomic mass is 79.9. The van der Waals surface area contributed by atoms with Crippen molar-refractivity contribution in [3.63, 3.8) is 0 Å². The largest absolute Gasteiger partial charge is 0.395 e. The molecule has 9 heteroatoms. The van der Waals surface area contributed by atoms with Crippen LogP contribution in [0.2, 0.25) is 0 Å². The van der Waals surface area contributed by atoms with Gasteiger partial charge in [-0.3, -0.25) is 0 Å². The van der Waals surface area contributed by atoms with Crippen LogP contribution in [-0.4, -0.2) is 36.6 Å². The molecule has 0 fully saturated rings. The van der Waals surface area contributed by atoms with E-state index < -0.39 is 10.0 Å². The maximum atomic E-state index is 12.2. The maximum absolute atomic E-state index is 12.2. The second-order valence-corrected chi connectivity index (χ2v) is 7.08. The first-order valence-corrected chi connectivity index (χ1v) is 8.62. The predicted octanol–water partition coefficient (Wildman–Crippen LogP) is 1.07. The molecule has 0 amide bonds. The van der Waals surface area contributed by atoms with Crippen LogP contribution in [0.25, 0.3) is 11.1 Å². The third-order valence-electron chi connectivity index (χ3n) is 2.93. The average molecular weight is 387 g/mol. The van der Waals surface area contributed by atoms with E-state index in [2.05, 4.69) is 30.6 Å². The molecule has 0 saturated carbocycles. The number of aryl methyl sites for hydroxylation is 1. The molecule has 0 bridgehead atoms. The third kappa shape index (κ3) is 3.61. The lowest BCUT2D eigenvalue weighted by atomic mass is 10.1. The summed E-state index contributed by atoms with van der Waals surface area (Å²) in [6.07, 6.45) is 1.55. The van der Waals surface area contributed by atoms with Gasteiger partial charge in [-0.1, -0.05) is 6.07 Å². The number of hydrogen-bond donors (Lipinski definition) is 3. The second-order valence-electron chi connectivity index (χ2n) is 4.49. The summed E-state index contributed by atoms with van der Waals surface area (Å²) in [5.41, 5.74) is 7.53. The van der Waals surface area contributed by atoms with Crippen molar-refractivity contribution in [1.82, 2.24) is 14.7 Å². The fourth-order valence-corrected chi connectivity index (χ4v) is 3.91. The number of rotatable bonds is 5. The highest BCUT2D eigenvalue weighted by Crippen LogP contribution is 2.29. The lowest BCUT2D eigenvalue weighted by molar-refractivity contribution is 0.301. The summed E-state index contributed by atoms with van der Waals surface area (Å²) in [7, 11) is -3.73. The quantitative estimate of drug-likeness (QED) is 0.706. The predicted molar refractivity (Wildman–Crippen MR) is 86.6 cm³/mol. The molecule has 1 aromatic heterocycles. The standard InChI is InChI=1S/C13H15BrN4O3S/c1-8-10(7-16-13(15)18-8)9-2-3-11(14)12(6-9)22(20,21)17-4-5-19/h2-3,6-7,17,19H,4-5H2,1H3,(H2,15,16,18). The molecule has 4 N–H and O–H groups in total. The van der Waals surface area contributed by atoms with Crippen LogP contribution in [0, 0.1) is 6.92 Å². The topological polar surface area (TPSA) is 118 Å². The zero-order valence-electron chi connectivity index (χ0n) is 11.7. The monoisotopic (exact) mass is 386 g/mol. The van der Waals surface area contributed by atoms with Gasteiger partial charge in [0, 0.05) is 22.8 Å². The molecule has 0 saturated heterocycles. The molecule has 1 heterocycles. The van der Waals surface area contributed by atoms with Crippen LogP contribution >= 0.6 is 15.9 Å². The highest BCUT2D eigenvalue weighted by molar-refractivity contribution is 9.10. The van der Waals surface area contributed by atoms with E-state index in [4.69, 9.17) is 10.8 Å². The first kappa shape index (κ1) is 16.8. The van der Waals surface area contributed by atoms with Gasteiger partial charge in [-0.15, -0.1) is 0 Å². The molecule has 0 aliphatic heterocycles. The van der Waals surface area contributed by atoms with E-state index >= 15 is 0 Å². The molecule has 0 aliphatic rings. The zero-order chi connectivity index (χ0) is 16.3. The van der Waals surface area contributed by atoms with Crippen LogP contribution in [0.15, 0.2) is 33.8 Å². The summed E-state index contributed by atoms with van der Waals surface area (Å²) >= 11 is 3.23. The summed E-state index contributed by atoms with van der Waals surface area (Å²) in [5, 5.41) is 8.77. The Morgan fingerprint density at radius 2 is 2.14 bits per heavy atom. The molecule has 2 rings (SSSR count). The van der Waals surface area contributed by atoms with Gasteiger partial charge in [0.2, 0.25) is 16.0 Å². The van der Waals surface area contributed by atoms with E-state index in [1.54, 1.807) is 25.3 Å². The first-order valence-electron chi connectivity index (χ1n) is 6.34. The Hall–Kier alpha value is -1.55. The number of nitrogens with two attached hydrogens (primary N) is 1. The number of nitrogens with zero attached hydrogens (tertiary/aromatic N) is 2. The SMILES string of the molecule is Cc1nc(N)ncc1-c1ccc(Br)c(S(=O)(=O)NCCO)c1. The highest BCUT2D eigenvalue weighted by Gasteiger charge is 2.18. The molecule has 7 nitrogen and oxygen atoms in total. The number of nitrogen functional groups attached to an aromatic ring is 1. The molecule has 22 heavy (non-hydrogen) atoms. The van der Waals surface area contributed by atoms with Gasteiger partial charge in [0.1, 0.15) is 0 Å². The minimum Gasteiger partial charge on any atom is -0.395 e. The lowest BCUT2D eigenvalue weighted by Crippen LogP contribution is -2.27. The van der Waals surface area contributed by atoms with E-state index in [0.29, 0.717) is 21.3 Å². The van der Waals surface area contributed by atoms with Gasteiger partial charge in [-0.2, -0.15) is 0 Å². The number of aliphatic hydroxyl groups excluding tert-OH is 1. The van der Waals surface area contributed by atoms with Crippen LogP contribution in [0.3, 0.4) is 0 Å². The molecule has 0 spiro atoms. The smallest absolute Gasteiger partial charge is 0.241 e. The number of sulfonamides is 1. The Bertz CT molecular complexity index is 796. The van der Waals surface area contributed by atoms with Gasteiger partial charge in [-0.05, 0) is 40.5 Å². The summed E-state index contributed by atoms with van der Waals surface area (Å²) in [4.78, 5) is 8.09. The summed E-state index contributed by atoms with van der Waals surface area (Å²) < 4.78 is 27.2. The van der Waals surface area contributed by atoms with Crippen molar-refractivity contribution >= 4 is 31.9 Å². The maximum Gasteiger partial charge on any atom is 0.241 e. The van der Waals surface area contributed by atoms with Gasteiger partial charge >= 0.3 is 0 Å². The van der Waals surface area contributed by atoms with Crippen molar-refractivity contribution < 1.29 is 13.5 Å². The second kappa shape index (κ2) is 6.69. The summed E-state index contributed by atoms with van der Waals surface area (Å²) in [6.45, 7) is 1.44. The van der Waals surface area contributed by atoms with E-state index in [0.717, 1.165) is 0 Å². The molecule has 0 aliphatic carbocycles. The van der Waals surface area contributed by atoms with E-state index in [1.807, 2.05) is 0 Å². The number of aliphatic hydroxyl groups is 1. The molecular formula is C13H15BrN4O3S.